The van der Waals surface area contributed by atoms with Crippen LogP contribution in [0.2, 0.25) is 0 Å². The molecule has 0 aromatic heterocycles. The van der Waals surface area contributed by atoms with Crippen LogP contribution in [0.15, 0.2) is 60.7 Å². The van der Waals surface area contributed by atoms with Gasteiger partial charge in [0, 0.05) is 87.8 Å². The number of anilines is 1. The number of fused-ring (bicyclic) bond motifs is 1. The van der Waals surface area contributed by atoms with Crippen molar-refractivity contribution < 1.29 is 14.3 Å². The van der Waals surface area contributed by atoms with Gasteiger partial charge in [0.25, 0.3) is 0 Å². The van der Waals surface area contributed by atoms with Crippen LogP contribution in [0.4, 0.5) is 5.69 Å². The summed E-state index contributed by atoms with van der Waals surface area (Å²) in [6.07, 6.45) is 0. The number of benzene rings is 3. The maximum Gasteiger partial charge on any atom is 0.244 e. The van der Waals surface area contributed by atoms with E-state index < -0.39 is 5.41 Å². The lowest BCUT2D eigenvalue weighted by Crippen LogP contribution is -2.45. The van der Waals surface area contributed by atoms with E-state index >= 15 is 0 Å². The van der Waals surface area contributed by atoms with E-state index in [1.54, 1.807) is 0 Å². The lowest BCUT2D eigenvalue weighted by molar-refractivity contribution is -0.118. The van der Waals surface area contributed by atoms with E-state index in [9.17, 15) is 4.79 Å². The second-order valence-electron chi connectivity index (χ2n) is 15.6. The van der Waals surface area contributed by atoms with Gasteiger partial charge in [-0.2, -0.15) is 0 Å². The Morgan fingerprint density at radius 2 is 1.10 bits per heavy atom. The van der Waals surface area contributed by atoms with Crippen molar-refractivity contribution in [3.05, 3.63) is 88.5 Å². The molecule has 3 heterocycles. The molecule has 3 N–H and O–H groups in total. The van der Waals surface area contributed by atoms with Crippen LogP contribution in [0, 0.1) is 0 Å². The number of ether oxygens (including phenoxy) is 2. The molecule has 3 aromatic carbocycles. The highest BCUT2D eigenvalue weighted by Crippen LogP contribution is 2.54. The molecular formula is C40H55N5O3. The normalized spacial score (nSPS) is 18.8. The van der Waals surface area contributed by atoms with Crippen LogP contribution in [-0.2, 0) is 21.0 Å². The molecule has 3 aliphatic heterocycles. The van der Waals surface area contributed by atoms with Gasteiger partial charge in [0.15, 0.2) is 0 Å². The Hall–Kier alpha value is -3.43. The summed E-state index contributed by atoms with van der Waals surface area (Å²) in [5.41, 5.74) is 4.29. The number of rotatable bonds is 10. The van der Waals surface area contributed by atoms with E-state index in [1.165, 1.54) is 0 Å². The molecule has 8 heteroatoms. The molecule has 2 saturated heterocycles. The van der Waals surface area contributed by atoms with E-state index in [1.807, 2.05) is 18.2 Å². The predicted molar refractivity (Wildman–Crippen MR) is 195 cm³/mol. The molecule has 0 atom stereocenters. The van der Waals surface area contributed by atoms with E-state index in [-0.39, 0.29) is 16.7 Å². The smallest absolute Gasteiger partial charge is 0.244 e. The van der Waals surface area contributed by atoms with Crippen LogP contribution in [0.25, 0.3) is 0 Å². The molecule has 48 heavy (non-hydrogen) atoms. The number of nitrogens with zero attached hydrogens (tertiary/aromatic N) is 2. The van der Waals surface area contributed by atoms with E-state index in [0.717, 1.165) is 110 Å². The van der Waals surface area contributed by atoms with Gasteiger partial charge in [0.2, 0.25) is 5.91 Å². The fourth-order valence-electron chi connectivity index (χ4n) is 7.21. The van der Waals surface area contributed by atoms with Crippen molar-refractivity contribution in [3.63, 3.8) is 0 Å². The minimum absolute atomic E-state index is 0.0836. The van der Waals surface area contributed by atoms with Gasteiger partial charge in [0.1, 0.15) is 30.1 Å². The minimum atomic E-state index is -1.19. The van der Waals surface area contributed by atoms with Crippen molar-refractivity contribution in [1.82, 2.24) is 20.4 Å². The molecule has 0 bridgehead atoms. The molecule has 0 aliphatic carbocycles. The van der Waals surface area contributed by atoms with Crippen LogP contribution < -0.4 is 25.4 Å². The summed E-state index contributed by atoms with van der Waals surface area (Å²) in [6, 6.07) is 21.0. The van der Waals surface area contributed by atoms with Crippen molar-refractivity contribution in [2.75, 3.05) is 84.0 Å². The summed E-state index contributed by atoms with van der Waals surface area (Å²) in [6.45, 7) is 24.1. The zero-order valence-corrected chi connectivity index (χ0v) is 29.9. The number of piperazine rings is 2. The molecule has 0 unspecified atom stereocenters. The van der Waals surface area contributed by atoms with Gasteiger partial charge in [-0.25, -0.2) is 0 Å². The first kappa shape index (κ1) is 34.4. The fraction of sp³-hybridized carbons (Fsp3) is 0.525. The molecule has 0 radical (unpaired) electrons. The molecule has 3 aliphatic rings. The monoisotopic (exact) mass is 653 g/mol. The Morgan fingerprint density at radius 3 is 1.56 bits per heavy atom. The summed E-state index contributed by atoms with van der Waals surface area (Å²) in [7, 11) is 0. The Balaban J connectivity index is 1.51. The number of hydrogen-bond acceptors (Lipinski definition) is 7. The zero-order chi connectivity index (χ0) is 33.9. The maximum atomic E-state index is 15.0. The van der Waals surface area contributed by atoms with Gasteiger partial charge in [-0.15, -0.1) is 0 Å². The topological polar surface area (TPSA) is 78.1 Å². The number of para-hydroxylation sites is 1. The minimum Gasteiger partial charge on any atom is -0.492 e. The molecule has 258 valence electrons. The lowest BCUT2D eigenvalue weighted by Gasteiger charge is -2.35. The van der Waals surface area contributed by atoms with Crippen LogP contribution in [0.1, 0.15) is 69.4 Å². The second kappa shape index (κ2) is 14.2. The summed E-state index contributed by atoms with van der Waals surface area (Å²) in [5.74, 6) is 1.38. The molecule has 1 amide bonds. The molecule has 6 rings (SSSR count). The third-order valence-electron chi connectivity index (χ3n) is 10.2. The molecule has 0 saturated carbocycles. The molecule has 3 aromatic rings. The first-order valence-electron chi connectivity index (χ1n) is 17.8. The van der Waals surface area contributed by atoms with Crippen LogP contribution in [0.5, 0.6) is 11.5 Å². The standard InChI is InChI=1S/C40H55N5O3/c1-38(2,3)29-11-13-35(47-25-23-44-19-15-41-16-20-44)32(27-29)40(31-9-7-8-10-34(31)43-37(40)46)33-28-30(39(4,5)6)12-14-36(33)48-26-24-45-21-17-42-18-22-45/h7-14,27-28,41-42H,15-26H2,1-6H3,(H,43,46). The quantitative estimate of drug-likeness (QED) is 0.280. The fourth-order valence-corrected chi connectivity index (χ4v) is 7.21. The number of hydrogen-bond donors (Lipinski definition) is 3. The summed E-state index contributed by atoms with van der Waals surface area (Å²) in [5, 5.41) is 10.2. The summed E-state index contributed by atoms with van der Waals surface area (Å²) in [4.78, 5) is 19.8. The van der Waals surface area contributed by atoms with Crippen LogP contribution >= 0.6 is 0 Å². The highest BCUT2D eigenvalue weighted by atomic mass is 16.5. The van der Waals surface area contributed by atoms with Crippen molar-refractivity contribution >= 4 is 11.6 Å². The Labute approximate surface area is 287 Å². The van der Waals surface area contributed by atoms with Gasteiger partial charge in [0.05, 0.1) is 0 Å². The third-order valence-corrected chi connectivity index (χ3v) is 10.2. The van der Waals surface area contributed by atoms with Crippen LogP contribution in [0.3, 0.4) is 0 Å². The van der Waals surface area contributed by atoms with E-state index in [2.05, 4.69) is 110 Å². The lowest BCUT2D eigenvalue weighted by atomic mass is 9.67. The van der Waals surface area contributed by atoms with Crippen molar-refractivity contribution in [2.24, 2.45) is 0 Å². The van der Waals surface area contributed by atoms with Crippen molar-refractivity contribution in [1.29, 1.82) is 0 Å². The number of carbonyl (C=O) groups is 1. The average Bonchev–Trinajstić information content (AvgIpc) is 3.37. The highest BCUT2D eigenvalue weighted by Gasteiger charge is 2.53. The zero-order valence-electron chi connectivity index (χ0n) is 29.9. The Kier molecular flexibility index (Phi) is 10.2. The highest BCUT2D eigenvalue weighted by molar-refractivity contribution is 6.12. The third kappa shape index (κ3) is 7.13. The molecule has 2 fully saturated rings. The molecular weight excluding hydrogens is 598 g/mol. The molecule has 0 spiro atoms. The molecule has 8 nitrogen and oxygen atoms in total. The van der Waals surface area contributed by atoms with Gasteiger partial charge in [-0.3, -0.25) is 14.6 Å². The van der Waals surface area contributed by atoms with Crippen molar-refractivity contribution in [2.45, 2.75) is 57.8 Å². The van der Waals surface area contributed by atoms with Gasteiger partial charge in [-0.1, -0.05) is 71.9 Å². The van der Waals surface area contributed by atoms with E-state index in [4.69, 9.17) is 9.47 Å². The number of carbonyl (C=O) groups excluding carboxylic acids is 1. The van der Waals surface area contributed by atoms with Crippen molar-refractivity contribution in [3.8, 4) is 11.5 Å². The SMILES string of the molecule is CC(C)(C)c1ccc(OCCN2CCNCC2)c(C2(c3cc(C(C)(C)C)ccc3OCCN3CCNCC3)C(=O)Nc3ccccc32)c1. The Bertz CT molecular complexity index is 1490. The summed E-state index contributed by atoms with van der Waals surface area (Å²) >= 11 is 0. The van der Waals surface area contributed by atoms with E-state index in [0.29, 0.717) is 13.2 Å². The predicted octanol–water partition coefficient (Wildman–Crippen LogP) is 5.14. The van der Waals surface area contributed by atoms with Gasteiger partial charge >= 0.3 is 0 Å². The maximum absolute atomic E-state index is 15.0. The van der Waals surface area contributed by atoms with Gasteiger partial charge < -0.3 is 25.4 Å². The number of nitrogens with one attached hydrogen (secondary N) is 3. The largest absolute Gasteiger partial charge is 0.492 e. The average molecular weight is 654 g/mol. The van der Waals surface area contributed by atoms with Gasteiger partial charge in [-0.05, 0) is 52.3 Å². The second-order valence-corrected chi connectivity index (χ2v) is 15.6. The number of amides is 1. The first-order valence-corrected chi connectivity index (χ1v) is 17.8. The van der Waals surface area contributed by atoms with Crippen LogP contribution in [-0.4, -0.2) is 94.4 Å². The first-order chi connectivity index (χ1) is 23.0. The Morgan fingerprint density at radius 1 is 0.646 bits per heavy atom. The summed E-state index contributed by atoms with van der Waals surface area (Å²) < 4.78 is 13.5.